The van der Waals surface area contributed by atoms with Gasteiger partial charge in [-0.05, 0) is 24.3 Å². The van der Waals surface area contributed by atoms with Gasteiger partial charge in [-0.15, -0.1) is 0 Å². The van der Waals surface area contributed by atoms with Crippen LogP contribution in [0, 0.1) is 11.3 Å². The minimum Gasteiger partial charge on any atom is -0.490 e. The van der Waals surface area contributed by atoms with Gasteiger partial charge in [0.1, 0.15) is 12.4 Å². The number of aliphatic hydroxyl groups excluding tert-OH is 1. The fourth-order valence-electron chi connectivity index (χ4n) is 0.872. The Hall–Kier alpha value is -2.06. The summed E-state index contributed by atoms with van der Waals surface area (Å²) in [5, 5.41) is 25.8. The normalized spacial score (nSPS) is 11.5. The maximum Gasteiger partial charge on any atom is 0.336 e. The summed E-state index contributed by atoms with van der Waals surface area (Å²) in [5.41, 5.74) is 0.487. The van der Waals surface area contributed by atoms with Crippen LogP contribution in [0.5, 0.6) is 5.75 Å². The molecule has 0 radical (unpaired) electrons. The maximum atomic E-state index is 10.2. The van der Waals surface area contributed by atoms with Crippen molar-refractivity contribution in [3.63, 3.8) is 0 Å². The molecule has 0 fully saturated rings. The molecular weight excluding hydrogens is 198 g/mol. The minimum atomic E-state index is -1.54. The number of carboxylic acid groups (broad SMARTS) is 1. The standard InChI is InChI=1S/C10H9NO4/c11-5-7-1-3-8(4-2-7)15-6-9(12)10(13)14/h1-4,9,12H,6H2,(H,13,14)/t9-/m1/s1. The van der Waals surface area contributed by atoms with Crippen LogP contribution in [0.1, 0.15) is 5.56 Å². The average molecular weight is 207 g/mol. The van der Waals surface area contributed by atoms with Gasteiger partial charge in [-0.3, -0.25) is 0 Å². The Labute approximate surface area is 86.1 Å². The Morgan fingerprint density at radius 2 is 2.07 bits per heavy atom. The van der Waals surface area contributed by atoms with E-state index in [2.05, 4.69) is 0 Å². The second-order valence-electron chi connectivity index (χ2n) is 2.80. The predicted molar refractivity (Wildman–Crippen MR) is 50.3 cm³/mol. The van der Waals surface area contributed by atoms with E-state index in [-0.39, 0.29) is 6.61 Å². The molecule has 0 spiro atoms. The lowest BCUT2D eigenvalue weighted by molar-refractivity contribution is -0.148. The van der Waals surface area contributed by atoms with Gasteiger partial charge in [-0.2, -0.15) is 5.26 Å². The molecule has 1 aromatic rings. The van der Waals surface area contributed by atoms with Crippen molar-refractivity contribution in [2.45, 2.75) is 6.10 Å². The number of aliphatic hydroxyl groups is 1. The number of carboxylic acids is 1. The van der Waals surface area contributed by atoms with Crippen molar-refractivity contribution in [1.82, 2.24) is 0 Å². The zero-order valence-electron chi connectivity index (χ0n) is 7.75. The largest absolute Gasteiger partial charge is 0.490 e. The molecule has 0 aliphatic rings. The molecule has 5 heteroatoms. The van der Waals surface area contributed by atoms with E-state index in [9.17, 15) is 4.79 Å². The molecule has 0 unspecified atom stereocenters. The number of hydrogen-bond donors (Lipinski definition) is 2. The van der Waals surface area contributed by atoms with Crippen molar-refractivity contribution in [3.05, 3.63) is 29.8 Å². The van der Waals surface area contributed by atoms with Crippen LogP contribution in [0.2, 0.25) is 0 Å². The molecule has 0 saturated carbocycles. The monoisotopic (exact) mass is 207 g/mol. The molecular formula is C10H9NO4. The Morgan fingerprint density at radius 1 is 1.47 bits per heavy atom. The first-order valence-electron chi connectivity index (χ1n) is 4.17. The lowest BCUT2D eigenvalue weighted by atomic mass is 10.2. The molecule has 0 heterocycles. The summed E-state index contributed by atoms with van der Waals surface area (Å²) in [7, 11) is 0. The summed E-state index contributed by atoms with van der Waals surface area (Å²) in [6.45, 7) is -0.318. The van der Waals surface area contributed by atoms with Crippen molar-refractivity contribution in [1.29, 1.82) is 5.26 Å². The van der Waals surface area contributed by atoms with E-state index < -0.39 is 12.1 Å². The highest BCUT2D eigenvalue weighted by Gasteiger charge is 2.13. The van der Waals surface area contributed by atoms with Crippen molar-refractivity contribution >= 4 is 5.97 Å². The molecule has 5 nitrogen and oxygen atoms in total. The first-order valence-corrected chi connectivity index (χ1v) is 4.17. The van der Waals surface area contributed by atoms with Crippen LogP contribution in [-0.4, -0.2) is 28.9 Å². The highest BCUT2D eigenvalue weighted by atomic mass is 16.5. The summed E-state index contributed by atoms with van der Waals surface area (Å²) in [4.78, 5) is 10.2. The van der Waals surface area contributed by atoms with Crippen LogP contribution in [-0.2, 0) is 4.79 Å². The molecule has 0 amide bonds. The second-order valence-corrected chi connectivity index (χ2v) is 2.80. The topological polar surface area (TPSA) is 90.5 Å². The van der Waals surface area contributed by atoms with Crippen molar-refractivity contribution in [2.75, 3.05) is 6.61 Å². The summed E-state index contributed by atoms with van der Waals surface area (Å²) >= 11 is 0. The van der Waals surface area contributed by atoms with Gasteiger partial charge >= 0.3 is 5.97 Å². The van der Waals surface area contributed by atoms with Gasteiger partial charge in [0.2, 0.25) is 0 Å². The zero-order valence-corrected chi connectivity index (χ0v) is 7.75. The van der Waals surface area contributed by atoms with Crippen LogP contribution in [0.3, 0.4) is 0 Å². The van der Waals surface area contributed by atoms with Crippen molar-refractivity contribution < 1.29 is 19.7 Å². The number of ether oxygens (including phenoxy) is 1. The summed E-state index contributed by atoms with van der Waals surface area (Å²) in [5.74, 6) is -0.919. The van der Waals surface area contributed by atoms with Gasteiger partial charge in [0, 0.05) is 0 Å². The van der Waals surface area contributed by atoms with Crippen molar-refractivity contribution in [2.24, 2.45) is 0 Å². The Morgan fingerprint density at radius 3 is 2.53 bits per heavy atom. The maximum absolute atomic E-state index is 10.2. The minimum absolute atomic E-state index is 0.318. The molecule has 1 rings (SSSR count). The number of aliphatic carboxylic acids is 1. The van der Waals surface area contributed by atoms with E-state index in [0.29, 0.717) is 11.3 Å². The van der Waals surface area contributed by atoms with Gasteiger partial charge in [0.25, 0.3) is 0 Å². The molecule has 0 aliphatic carbocycles. The summed E-state index contributed by atoms with van der Waals surface area (Å²) in [6, 6.07) is 8.10. The predicted octanol–water partition coefficient (Wildman–Crippen LogP) is 0.383. The van der Waals surface area contributed by atoms with E-state index in [0.717, 1.165) is 0 Å². The average Bonchev–Trinajstić information content (AvgIpc) is 2.26. The van der Waals surface area contributed by atoms with E-state index in [1.807, 2.05) is 6.07 Å². The van der Waals surface area contributed by atoms with Crippen LogP contribution in [0.15, 0.2) is 24.3 Å². The Bertz CT molecular complexity index is 379. The highest BCUT2D eigenvalue weighted by molar-refractivity contribution is 5.72. The molecule has 78 valence electrons. The van der Waals surface area contributed by atoms with E-state index in [4.69, 9.17) is 20.2 Å². The van der Waals surface area contributed by atoms with Crippen molar-refractivity contribution in [3.8, 4) is 11.8 Å². The van der Waals surface area contributed by atoms with Gasteiger partial charge < -0.3 is 14.9 Å². The van der Waals surface area contributed by atoms with Crippen LogP contribution in [0.25, 0.3) is 0 Å². The van der Waals surface area contributed by atoms with Gasteiger partial charge in [-0.1, -0.05) is 0 Å². The second kappa shape index (κ2) is 4.98. The van der Waals surface area contributed by atoms with E-state index in [1.54, 1.807) is 12.1 Å². The van der Waals surface area contributed by atoms with Crippen LogP contribution in [0.4, 0.5) is 0 Å². The Kier molecular flexibility index (Phi) is 3.66. The molecule has 1 aromatic carbocycles. The lowest BCUT2D eigenvalue weighted by Crippen LogP contribution is -2.26. The molecule has 0 saturated heterocycles. The number of carbonyl (C=O) groups is 1. The third-order valence-corrected chi connectivity index (χ3v) is 1.68. The smallest absolute Gasteiger partial charge is 0.336 e. The lowest BCUT2D eigenvalue weighted by Gasteiger charge is -2.08. The first-order chi connectivity index (χ1) is 7.13. The SMILES string of the molecule is N#Cc1ccc(OC[C@@H](O)C(=O)O)cc1. The molecule has 1 atom stereocenters. The quantitative estimate of drug-likeness (QED) is 0.744. The molecule has 15 heavy (non-hydrogen) atoms. The number of rotatable bonds is 4. The summed E-state index contributed by atoms with van der Waals surface area (Å²) in [6.07, 6.45) is -1.54. The summed E-state index contributed by atoms with van der Waals surface area (Å²) < 4.78 is 4.99. The van der Waals surface area contributed by atoms with E-state index in [1.165, 1.54) is 12.1 Å². The number of hydrogen-bond acceptors (Lipinski definition) is 4. The Balaban J connectivity index is 2.52. The van der Waals surface area contributed by atoms with E-state index >= 15 is 0 Å². The zero-order chi connectivity index (χ0) is 11.3. The fourth-order valence-corrected chi connectivity index (χ4v) is 0.872. The fraction of sp³-hybridized carbons (Fsp3) is 0.200. The van der Waals surface area contributed by atoms with Crippen LogP contribution >= 0.6 is 0 Å². The van der Waals surface area contributed by atoms with Gasteiger partial charge in [0.15, 0.2) is 6.10 Å². The highest BCUT2D eigenvalue weighted by Crippen LogP contribution is 2.11. The van der Waals surface area contributed by atoms with Gasteiger partial charge in [0.05, 0.1) is 11.6 Å². The molecule has 0 aromatic heterocycles. The third kappa shape index (κ3) is 3.29. The molecule has 0 aliphatic heterocycles. The van der Waals surface area contributed by atoms with Gasteiger partial charge in [-0.25, -0.2) is 4.79 Å². The van der Waals surface area contributed by atoms with Crippen LogP contribution < -0.4 is 4.74 Å². The number of nitriles is 1. The molecule has 2 N–H and O–H groups in total. The third-order valence-electron chi connectivity index (χ3n) is 1.68. The first kappa shape index (κ1) is 11.0. The number of benzene rings is 1. The number of nitrogens with zero attached hydrogens (tertiary/aromatic N) is 1. The molecule has 0 bridgehead atoms.